The number of carboxylic acid groups (broad SMARTS) is 1. The van der Waals surface area contributed by atoms with Crippen LogP contribution in [0.2, 0.25) is 5.02 Å². The van der Waals surface area contributed by atoms with Crippen LogP contribution in [0.25, 0.3) is 11.3 Å². The number of hydrogen-bond donors (Lipinski definition) is 3. The van der Waals surface area contributed by atoms with Crippen LogP contribution in [-0.2, 0) is 9.59 Å². The van der Waals surface area contributed by atoms with E-state index in [4.69, 9.17) is 16.0 Å². The van der Waals surface area contributed by atoms with E-state index in [1.165, 1.54) is 12.1 Å². The van der Waals surface area contributed by atoms with E-state index in [2.05, 4.69) is 0 Å². The van der Waals surface area contributed by atoms with E-state index < -0.39 is 35.9 Å². The molecule has 0 spiro atoms. The third-order valence-corrected chi connectivity index (χ3v) is 7.93. The Bertz CT molecular complexity index is 1150. The van der Waals surface area contributed by atoms with Gasteiger partial charge in [-0.2, -0.15) is 0 Å². The summed E-state index contributed by atoms with van der Waals surface area (Å²) < 4.78 is 6.16. The number of ketones is 2. The van der Waals surface area contributed by atoms with Crippen LogP contribution in [0.4, 0.5) is 0 Å². The average molecular weight is 517 g/mol. The molecular weight excluding hydrogens is 484 g/mol. The standard InChI is InChI=1S/C28H33ClO7/c1-27(2)10-17(30)23(18(31)11-27)25(24-19(32)12-28(3,4)13-20(24)33)22-8-7-21(36-22)14-5-6-15(26(34)35)16(29)9-14/h5-9,17,19,23-25,30,32H,10-13H2,1-4H3,(H,34,35)/t17-,19-,23-,24+,25?/m0/s1. The number of aliphatic hydroxyl groups excluding tert-OH is 2. The van der Waals surface area contributed by atoms with Gasteiger partial charge in [0.15, 0.2) is 0 Å². The maximum atomic E-state index is 13.4. The van der Waals surface area contributed by atoms with Crippen LogP contribution in [-0.4, -0.2) is 45.1 Å². The molecule has 1 aromatic carbocycles. The fraction of sp³-hybridized carbons (Fsp3) is 0.536. The molecule has 3 N–H and O–H groups in total. The summed E-state index contributed by atoms with van der Waals surface area (Å²) in [6, 6.07) is 7.76. The van der Waals surface area contributed by atoms with E-state index in [1.54, 1.807) is 18.2 Å². The Labute approximate surface area is 215 Å². The molecule has 4 rings (SSSR count). The van der Waals surface area contributed by atoms with E-state index in [0.717, 1.165) is 0 Å². The highest BCUT2D eigenvalue weighted by Gasteiger charge is 2.53. The normalized spacial score (nSPS) is 28.6. The number of aliphatic hydroxyl groups is 2. The van der Waals surface area contributed by atoms with Crippen molar-refractivity contribution >= 4 is 29.1 Å². The Balaban J connectivity index is 1.77. The Morgan fingerprint density at radius 3 is 1.92 bits per heavy atom. The smallest absolute Gasteiger partial charge is 0.337 e. The molecule has 2 saturated carbocycles. The van der Waals surface area contributed by atoms with E-state index in [1.807, 2.05) is 27.7 Å². The number of aromatic carboxylic acids is 1. The minimum absolute atomic E-state index is 0.0397. The molecule has 0 aliphatic heterocycles. The van der Waals surface area contributed by atoms with Gasteiger partial charge in [0.05, 0.1) is 34.6 Å². The molecule has 2 aliphatic rings. The van der Waals surface area contributed by atoms with Gasteiger partial charge in [0.1, 0.15) is 23.1 Å². The molecule has 1 unspecified atom stereocenters. The molecule has 0 radical (unpaired) electrons. The van der Waals surface area contributed by atoms with E-state index >= 15 is 0 Å². The van der Waals surface area contributed by atoms with Crippen LogP contribution < -0.4 is 0 Å². The van der Waals surface area contributed by atoms with Crippen molar-refractivity contribution < 1.29 is 34.1 Å². The van der Waals surface area contributed by atoms with Gasteiger partial charge in [-0.05, 0) is 47.9 Å². The maximum Gasteiger partial charge on any atom is 0.337 e. The Morgan fingerprint density at radius 1 is 0.944 bits per heavy atom. The van der Waals surface area contributed by atoms with Gasteiger partial charge in [-0.25, -0.2) is 4.79 Å². The van der Waals surface area contributed by atoms with Crippen LogP contribution >= 0.6 is 11.6 Å². The quantitative estimate of drug-likeness (QED) is 0.504. The lowest BCUT2D eigenvalue weighted by Gasteiger charge is -2.45. The fourth-order valence-corrected chi connectivity index (χ4v) is 6.39. The number of carbonyl (C=O) groups excluding carboxylic acids is 2. The summed E-state index contributed by atoms with van der Waals surface area (Å²) in [5, 5.41) is 31.6. The average Bonchev–Trinajstić information content (AvgIpc) is 3.19. The monoisotopic (exact) mass is 516 g/mol. The third-order valence-electron chi connectivity index (χ3n) is 7.61. The number of halogens is 1. The van der Waals surface area contributed by atoms with Gasteiger partial charge in [0, 0.05) is 24.3 Å². The van der Waals surface area contributed by atoms with E-state index in [-0.39, 0.29) is 45.8 Å². The number of Topliss-reactive ketones (excluding diaryl/α,β-unsaturated/α-hetero) is 2. The second kappa shape index (κ2) is 9.43. The lowest BCUT2D eigenvalue weighted by Crippen LogP contribution is -2.51. The molecule has 0 bridgehead atoms. The van der Waals surface area contributed by atoms with Crippen molar-refractivity contribution in [2.24, 2.45) is 22.7 Å². The maximum absolute atomic E-state index is 13.4. The largest absolute Gasteiger partial charge is 0.478 e. The van der Waals surface area contributed by atoms with Crippen molar-refractivity contribution in [3.8, 4) is 11.3 Å². The zero-order valence-electron chi connectivity index (χ0n) is 21.0. The summed E-state index contributed by atoms with van der Waals surface area (Å²) in [4.78, 5) is 38.1. The Kier molecular flexibility index (Phi) is 6.97. The zero-order valence-corrected chi connectivity index (χ0v) is 21.7. The third kappa shape index (κ3) is 5.15. The van der Waals surface area contributed by atoms with Gasteiger partial charge in [0.25, 0.3) is 0 Å². The lowest BCUT2D eigenvalue weighted by atomic mass is 9.59. The summed E-state index contributed by atoms with van der Waals surface area (Å²) >= 11 is 6.14. The summed E-state index contributed by atoms with van der Waals surface area (Å²) in [6.07, 6.45) is -0.677. The van der Waals surface area contributed by atoms with Crippen molar-refractivity contribution in [1.29, 1.82) is 0 Å². The van der Waals surface area contributed by atoms with Gasteiger partial charge in [-0.3, -0.25) is 9.59 Å². The number of carboxylic acids is 1. The van der Waals surface area contributed by atoms with Crippen LogP contribution in [0.15, 0.2) is 34.7 Å². The molecule has 2 aliphatic carbocycles. The van der Waals surface area contributed by atoms with Crippen LogP contribution in [0.1, 0.15) is 75.4 Å². The van der Waals surface area contributed by atoms with E-state index in [9.17, 15) is 29.7 Å². The molecule has 194 valence electrons. The highest BCUT2D eigenvalue weighted by Crippen LogP contribution is 2.50. The lowest BCUT2D eigenvalue weighted by molar-refractivity contribution is -0.145. The molecule has 7 nitrogen and oxygen atoms in total. The van der Waals surface area contributed by atoms with Gasteiger partial charge < -0.3 is 19.7 Å². The van der Waals surface area contributed by atoms with Crippen molar-refractivity contribution in [2.45, 2.75) is 71.5 Å². The first-order valence-corrected chi connectivity index (χ1v) is 12.6. The molecule has 1 aromatic heterocycles. The summed E-state index contributed by atoms with van der Waals surface area (Å²) in [5.41, 5.74) is -0.248. The van der Waals surface area contributed by atoms with E-state index in [0.29, 0.717) is 29.9 Å². The second-order valence-electron chi connectivity index (χ2n) is 11.9. The zero-order chi connectivity index (χ0) is 26.6. The van der Waals surface area contributed by atoms with Crippen molar-refractivity contribution in [3.05, 3.63) is 46.7 Å². The first kappa shape index (κ1) is 26.6. The van der Waals surface area contributed by atoms with Crippen LogP contribution in [0.5, 0.6) is 0 Å². The molecule has 1 heterocycles. The van der Waals surface area contributed by atoms with Crippen LogP contribution in [0, 0.1) is 22.7 Å². The molecule has 36 heavy (non-hydrogen) atoms. The molecule has 0 amide bonds. The minimum Gasteiger partial charge on any atom is -0.478 e. The molecule has 2 fully saturated rings. The van der Waals surface area contributed by atoms with Crippen molar-refractivity contribution in [2.75, 3.05) is 0 Å². The number of carbonyl (C=O) groups is 3. The first-order chi connectivity index (χ1) is 16.7. The highest BCUT2D eigenvalue weighted by atomic mass is 35.5. The topological polar surface area (TPSA) is 125 Å². The number of rotatable bonds is 5. The summed E-state index contributed by atoms with van der Waals surface area (Å²) in [5.74, 6) is -3.35. The van der Waals surface area contributed by atoms with Crippen molar-refractivity contribution in [3.63, 3.8) is 0 Å². The molecule has 8 heteroatoms. The predicted molar refractivity (Wildman–Crippen MR) is 134 cm³/mol. The van der Waals surface area contributed by atoms with Gasteiger partial charge in [0.2, 0.25) is 0 Å². The summed E-state index contributed by atoms with van der Waals surface area (Å²) in [6.45, 7) is 7.71. The van der Waals surface area contributed by atoms with Gasteiger partial charge in [-0.15, -0.1) is 0 Å². The molecule has 2 aromatic rings. The van der Waals surface area contributed by atoms with Crippen LogP contribution in [0.3, 0.4) is 0 Å². The molecule has 5 atom stereocenters. The molecular formula is C28H33ClO7. The van der Waals surface area contributed by atoms with Crippen molar-refractivity contribution in [1.82, 2.24) is 0 Å². The van der Waals surface area contributed by atoms with Gasteiger partial charge >= 0.3 is 5.97 Å². The minimum atomic E-state index is -1.15. The SMILES string of the molecule is CC1(C)CC(=O)[C@H](C(c2ccc(-c3ccc(C(=O)O)c(Cl)c3)o2)[C@@H]2C(=O)CC(C)(C)C[C@@H]2O)[C@@H](O)C1. The number of furan rings is 1. The highest BCUT2D eigenvalue weighted by molar-refractivity contribution is 6.33. The fourth-order valence-electron chi connectivity index (χ4n) is 6.12. The Morgan fingerprint density at radius 2 is 1.47 bits per heavy atom. The Hall–Kier alpha value is -2.48. The number of hydrogen-bond acceptors (Lipinski definition) is 6. The first-order valence-electron chi connectivity index (χ1n) is 12.2. The number of benzene rings is 1. The predicted octanol–water partition coefficient (Wildman–Crippen LogP) is 5.11. The second-order valence-corrected chi connectivity index (χ2v) is 12.3. The van der Waals surface area contributed by atoms with Gasteiger partial charge in [-0.1, -0.05) is 45.4 Å². The summed E-state index contributed by atoms with van der Waals surface area (Å²) in [7, 11) is 0. The molecule has 0 saturated heterocycles.